The van der Waals surface area contributed by atoms with E-state index in [-0.39, 0.29) is 11.8 Å². The maximum atomic E-state index is 11.4. The van der Waals surface area contributed by atoms with Crippen LogP contribution < -0.4 is 16.0 Å². The Morgan fingerprint density at radius 1 is 1.38 bits per heavy atom. The van der Waals surface area contributed by atoms with Gasteiger partial charge >= 0.3 is 0 Å². The smallest absolute Gasteiger partial charge is 0.222 e. The Hall–Kier alpha value is -1.55. The highest BCUT2D eigenvalue weighted by molar-refractivity contribution is 5.77. The van der Waals surface area contributed by atoms with Crippen molar-refractivity contribution in [3.63, 3.8) is 0 Å². The SMILES string of the molecule is CCNC(C)c1ccc(N2CC(C(N)=O)CCC2C)cc1. The summed E-state index contributed by atoms with van der Waals surface area (Å²) in [6.45, 7) is 8.20. The molecule has 3 unspecified atom stereocenters. The van der Waals surface area contributed by atoms with E-state index in [0.717, 1.165) is 25.9 Å². The van der Waals surface area contributed by atoms with Gasteiger partial charge in [0.05, 0.1) is 5.92 Å². The molecule has 1 aliphatic rings. The number of nitrogens with zero attached hydrogens (tertiary/aromatic N) is 1. The molecular weight excluding hydrogens is 262 g/mol. The Balaban J connectivity index is 2.11. The number of benzene rings is 1. The highest BCUT2D eigenvalue weighted by Crippen LogP contribution is 2.28. The summed E-state index contributed by atoms with van der Waals surface area (Å²) in [5.74, 6) is -0.203. The Morgan fingerprint density at radius 3 is 2.62 bits per heavy atom. The van der Waals surface area contributed by atoms with Crippen LogP contribution in [0.1, 0.15) is 45.2 Å². The summed E-state index contributed by atoms with van der Waals surface area (Å²) in [4.78, 5) is 13.7. The van der Waals surface area contributed by atoms with E-state index in [0.29, 0.717) is 12.1 Å². The molecule has 3 atom stereocenters. The van der Waals surface area contributed by atoms with Gasteiger partial charge in [0.15, 0.2) is 0 Å². The molecule has 0 radical (unpaired) electrons. The van der Waals surface area contributed by atoms with Gasteiger partial charge in [0.2, 0.25) is 5.91 Å². The Labute approximate surface area is 127 Å². The highest BCUT2D eigenvalue weighted by atomic mass is 16.1. The largest absolute Gasteiger partial charge is 0.369 e. The predicted molar refractivity (Wildman–Crippen MR) is 87.3 cm³/mol. The van der Waals surface area contributed by atoms with Gasteiger partial charge in [-0.1, -0.05) is 19.1 Å². The van der Waals surface area contributed by atoms with E-state index in [1.807, 2.05) is 0 Å². The van der Waals surface area contributed by atoms with Crippen molar-refractivity contribution in [1.82, 2.24) is 5.32 Å². The molecule has 0 bridgehead atoms. The van der Waals surface area contributed by atoms with Crippen molar-refractivity contribution in [3.05, 3.63) is 29.8 Å². The number of carbonyl (C=O) groups is 1. The molecule has 1 heterocycles. The number of carbonyl (C=O) groups excluding carboxylic acids is 1. The molecule has 1 aromatic carbocycles. The van der Waals surface area contributed by atoms with E-state index < -0.39 is 0 Å². The molecule has 4 heteroatoms. The van der Waals surface area contributed by atoms with Gasteiger partial charge in [-0.05, 0) is 50.9 Å². The molecular formula is C17H27N3O. The zero-order valence-electron chi connectivity index (χ0n) is 13.3. The van der Waals surface area contributed by atoms with Gasteiger partial charge in [-0.2, -0.15) is 0 Å². The lowest BCUT2D eigenvalue weighted by Gasteiger charge is -2.38. The lowest BCUT2D eigenvalue weighted by Crippen LogP contribution is -2.45. The van der Waals surface area contributed by atoms with Crippen molar-refractivity contribution in [2.75, 3.05) is 18.0 Å². The minimum atomic E-state index is -0.177. The molecule has 0 aliphatic carbocycles. The number of piperidine rings is 1. The number of hydrogen-bond donors (Lipinski definition) is 2. The zero-order chi connectivity index (χ0) is 15.4. The lowest BCUT2D eigenvalue weighted by atomic mass is 9.92. The number of rotatable bonds is 5. The van der Waals surface area contributed by atoms with Crippen LogP contribution in [0, 0.1) is 5.92 Å². The number of anilines is 1. The molecule has 21 heavy (non-hydrogen) atoms. The molecule has 0 saturated carbocycles. The molecule has 0 aromatic heterocycles. The average Bonchev–Trinajstić information content (AvgIpc) is 2.48. The van der Waals surface area contributed by atoms with Gasteiger partial charge < -0.3 is 16.0 Å². The van der Waals surface area contributed by atoms with Crippen molar-refractivity contribution in [2.24, 2.45) is 11.7 Å². The molecule has 1 aliphatic heterocycles. The second-order valence-electron chi connectivity index (χ2n) is 6.05. The molecule has 1 aromatic rings. The second-order valence-corrected chi connectivity index (χ2v) is 6.05. The molecule has 116 valence electrons. The molecule has 3 N–H and O–H groups in total. The Kier molecular flexibility index (Phi) is 5.23. The zero-order valence-corrected chi connectivity index (χ0v) is 13.3. The van der Waals surface area contributed by atoms with Crippen molar-refractivity contribution >= 4 is 11.6 Å². The standard InChI is InChI=1S/C17H27N3O/c1-4-19-13(3)14-7-9-16(10-8-14)20-11-15(17(18)21)6-5-12(20)2/h7-10,12-13,15,19H,4-6,11H2,1-3H3,(H2,18,21). The highest BCUT2D eigenvalue weighted by Gasteiger charge is 2.28. The van der Waals surface area contributed by atoms with Crippen molar-refractivity contribution in [3.8, 4) is 0 Å². The minimum absolute atomic E-state index is 0.0263. The van der Waals surface area contributed by atoms with E-state index >= 15 is 0 Å². The first-order chi connectivity index (χ1) is 10.0. The van der Waals surface area contributed by atoms with E-state index in [4.69, 9.17) is 5.73 Å². The van der Waals surface area contributed by atoms with E-state index in [2.05, 4.69) is 55.3 Å². The van der Waals surface area contributed by atoms with Gasteiger partial charge in [0.25, 0.3) is 0 Å². The average molecular weight is 289 g/mol. The summed E-state index contributed by atoms with van der Waals surface area (Å²) in [6, 6.07) is 9.47. The summed E-state index contributed by atoms with van der Waals surface area (Å²) in [5.41, 5.74) is 7.95. The van der Waals surface area contributed by atoms with Crippen LogP contribution in [0.15, 0.2) is 24.3 Å². The van der Waals surface area contributed by atoms with Gasteiger partial charge in [-0.25, -0.2) is 0 Å². The summed E-state index contributed by atoms with van der Waals surface area (Å²) in [6.07, 6.45) is 1.92. The van der Waals surface area contributed by atoms with Crippen LogP contribution in [0.2, 0.25) is 0 Å². The summed E-state index contributed by atoms with van der Waals surface area (Å²) in [5, 5.41) is 3.42. The van der Waals surface area contributed by atoms with Crippen LogP contribution in [-0.4, -0.2) is 25.0 Å². The van der Waals surface area contributed by atoms with Gasteiger partial charge in [-0.3, -0.25) is 4.79 Å². The minimum Gasteiger partial charge on any atom is -0.369 e. The number of primary amides is 1. The monoisotopic (exact) mass is 289 g/mol. The number of amides is 1. The van der Waals surface area contributed by atoms with Gasteiger partial charge in [-0.15, -0.1) is 0 Å². The number of nitrogens with one attached hydrogen (secondary N) is 1. The summed E-state index contributed by atoms with van der Waals surface area (Å²) in [7, 11) is 0. The topological polar surface area (TPSA) is 58.4 Å². The third-order valence-electron chi connectivity index (χ3n) is 4.52. The fraction of sp³-hybridized carbons (Fsp3) is 0.588. The fourth-order valence-electron chi connectivity index (χ4n) is 3.08. The van der Waals surface area contributed by atoms with Crippen molar-refractivity contribution < 1.29 is 4.79 Å². The second kappa shape index (κ2) is 6.94. The molecule has 1 amide bonds. The van der Waals surface area contributed by atoms with Crippen LogP contribution in [0.5, 0.6) is 0 Å². The van der Waals surface area contributed by atoms with Crippen LogP contribution in [0.4, 0.5) is 5.69 Å². The van der Waals surface area contributed by atoms with Gasteiger partial charge in [0, 0.05) is 24.3 Å². The first kappa shape index (κ1) is 15.8. The normalized spacial score (nSPS) is 23.9. The van der Waals surface area contributed by atoms with E-state index in [1.165, 1.54) is 11.3 Å². The Bertz CT molecular complexity index is 471. The summed E-state index contributed by atoms with van der Waals surface area (Å²) >= 11 is 0. The van der Waals surface area contributed by atoms with E-state index in [1.54, 1.807) is 0 Å². The predicted octanol–water partition coefficient (Wildman–Crippen LogP) is 2.45. The molecule has 4 nitrogen and oxygen atoms in total. The molecule has 2 rings (SSSR count). The first-order valence-electron chi connectivity index (χ1n) is 7.92. The van der Waals surface area contributed by atoms with Crippen LogP contribution >= 0.6 is 0 Å². The molecule has 1 saturated heterocycles. The number of nitrogens with two attached hydrogens (primary N) is 1. The first-order valence-corrected chi connectivity index (χ1v) is 7.92. The molecule has 1 fully saturated rings. The lowest BCUT2D eigenvalue weighted by molar-refractivity contribution is -0.122. The van der Waals surface area contributed by atoms with Crippen molar-refractivity contribution in [2.45, 2.75) is 45.7 Å². The van der Waals surface area contributed by atoms with Crippen LogP contribution in [0.3, 0.4) is 0 Å². The number of hydrogen-bond acceptors (Lipinski definition) is 3. The van der Waals surface area contributed by atoms with Crippen LogP contribution in [-0.2, 0) is 4.79 Å². The van der Waals surface area contributed by atoms with E-state index in [9.17, 15) is 4.79 Å². The maximum Gasteiger partial charge on any atom is 0.222 e. The maximum absolute atomic E-state index is 11.4. The fourth-order valence-corrected chi connectivity index (χ4v) is 3.08. The van der Waals surface area contributed by atoms with Gasteiger partial charge in [0.1, 0.15) is 0 Å². The van der Waals surface area contributed by atoms with Crippen molar-refractivity contribution in [1.29, 1.82) is 0 Å². The molecule has 0 spiro atoms. The van der Waals surface area contributed by atoms with Crippen LogP contribution in [0.25, 0.3) is 0 Å². The quantitative estimate of drug-likeness (QED) is 0.875. The third-order valence-corrected chi connectivity index (χ3v) is 4.52. The third kappa shape index (κ3) is 3.76. The summed E-state index contributed by atoms with van der Waals surface area (Å²) < 4.78 is 0. The Morgan fingerprint density at radius 2 is 2.05 bits per heavy atom.